The van der Waals surface area contributed by atoms with Gasteiger partial charge in [-0.15, -0.1) is 0 Å². The summed E-state index contributed by atoms with van der Waals surface area (Å²) in [6, 6.07) is 12.2. The number of hydrogen-bond acceptors (Lipinski definition) is 5. The number of carbonyl (C=O) groups excluding carboxylic acids is 1. The van der Waals surface area contributed by atoms with Crippen molar-refractivity contribution in [2.45, 2.75) is 11.3 Å². The Morgan fingerprint density at radius 1 is 1.04 bits per heavy atom. The number of methoxy groups -OCH3 is 2. The molecule has 0 atom stereocenters. The first-order valence-corrected chi connectivity index (χ1v) is 10.4. The normalized spacial score (nSPS) is 11.1. The molecule has 0 aliphatic carbocycles. The first-order chi connectivity index (χ1) is 12.9. The molecule has 9 heteroatoms. The Morgan fingerprint density at radius 3 is 2.30 bits per heavy atom. The van der Waals surface area contributed by atoms with Crippen molar-refractivity contribution < 1.29 is 22.7 Å². The molecule has 2 aromatic rings. The molecule has 0 aliphatic heterocycles. The Morgan fingerprint density at radius 2 is 1.67 bits per heavy atom. The quantitative estimate of drug-likeness (QED) is 0.563. The largest absolute Gasteiger partial charge is 0.493 e. The zero-order chi connectivity index (χ0) is 19.9. The molecule has 27 heavy (non-hydrogen) atoms. The summed E-state index contributed by atoms with van der Waals surface area (Å²) in [5.41, 5.74) is 0.893. The van der Waals surface area contributed by atoms with Crippen molar-refractivity contribution in [3.8, 4) is 11.5 Å². The van der Waals surface area contributed by atoms with Crippen molar-refractivity contribution in [2.24, 2.45) is 0 Å². The summed E-state index contributed by atoms with van der Waals surface area (Å²) in [5, 5.41) is 2.69. The zero-order valence-electron chi connectivity index (χ0n) is 15.0. The summed E-state index contributed by atoms with van der Waals surface area (Å²) in [4.78, 5) is 11.9. The van der Waals surface area contributed by atoms with E-state index in [9.17, 15) is 13.2 Å². The third-order valence-corrected chi connectivity index (χ3v) is 6.09. The van der Waals surface area contributed by atoms with Crippen molar-refractivity contribution in [1.29, 1.82) is 0 Å². The van der Waals surface area contributed by atoms with E-state index < -0.39 is 10.0 Å². The van der Waals surface area contributed by atoms with Crippen molar-refractivity contribution >= 4 is 31.9 Å². The lowest BCUT2D eigenvalue weighted by atomic mass is 10.1. The fraction of sp³-hybridized carbons (Fsp3) is 0.278. The molecular formula is C18H21BrN2O5S. The fourth-order valence-electron chi connectivity index (χ4n) is 2.35. The molecule has 1 amide bonds. The second-order valence-corrected chi connectivity index (χ2v) is 8.14. The van der Waals surface area contributed by atoms with E-state index in [0.717, 1.165) is 5.56 Å². The highest BCUT2D eigenvalue weighted by atomic mass is 79.9. The van der Waals surface area contributed by atoms with Gasteiger partial charge in [-0.25, -0.2) is 13.1 Å². The van der Waals surface area contributed by atoms with Crippen molar-refractivity contribution in [2.75, 3.05) is 27.3 Å². The summed E-state index contributed by atoms with van der Waals surface area (Å²) < 4.78 is 38.1. The van der Waals surface area contributed by atoms with Crippen LogP contribution in [0.4, 0.5) is 0 Å². The van der Waals surface area contributed by atoms with Gasteiger partial charge in [-0.05, 0) is 27.6 Å². The van der Waals surface area contributed by atoms with E-state index in [-0.39, 0.29) is 30.3 Å². The smallest absolute Gasteiger partial charge is 0.241 e. The topological polar surface area (TPSA) is 93.7 Å². The number of benzene rings is 2. The highest BCUT2D eigenvalue weighted by Gasteiger charge is 2.21. The van der Waals surface area contributed by atoms with Crippen LogP contribution in [-0.4, -0.2) is 41.6 Å². The van der Waals surface area contributed by atoms with Gasteiger partial charge in [0.2, 0.25) is 15.9 Å². The van der Waals surface area contributed by atoms with Crippen LogP contribution in [0.1, 0.15) is 5.56 Å². The number of sulfonamides is 1. The Hall–Kier alpha value is -2.10. The first kappa shape index (κ1) is 21.2. The van der Waals surface area contributed by atoms with Crippen LogP contribution in [0, 0.1) is 0 Å². The number of halogens is 1. The summed E-state index contributed by atoms with van der Waals surface area (Å²) in [7, 11) is -0.894. The Balaban J connectivity index is 1.92. The number of amides is 1. The standard InChI is InChI=1S/C18H21BrN2O5S/c1-25-15-11-14(19)17(12-16(15)26-2)27(23,24)21-9-8-20-18(22)10-13-6-4-3-5-7-13/h3-7,11-12,21H,8-10H2,1-2H3,(H,20,22). The van der Waals surface area contributed by atoms with Gasteiger partial charge in [0.15, 0.2) is 11.5 Å². The van der Waals surface area contributed by atoms with Gasteiger partial charge >= 0.3 is 0 Å². The van der Waals surface area contributed by atoms with Crippen LogP contribution in [0.3, 0.4) is 0 Å². The lowest BCUT2D eigenvalue weighted by Crippen LogP contribution is -2.35. The molecule has 0 aliphatic rings. The maximum atomic E-state index is 12.5. The van der Waals surface area contributed by atoms with E-state index >= 15 is 0 Å². The Bertz CT molecular complexity index is 888. The second kappa shape index (κ2) is 9.72. The van der Waals surface area contributed by atoms with Crippen LogP contribution in [0.15, 0.2) is 51.8 Å². The van der Waals surface area contributed by atoms with Gasteiger partial charge < -0.3 is 14.8 Å². The molecule has 0 heterocycles. The van der Waals surface area contributed by atoms with Gasteiger partial charge in [0.25, 0.3) is 0 Å². The molecular weight excluding hydrogens is 436 g/mol. The van der Waals surface area contributed by atoms with Crippen molar-refractivity contribution in [3.63, 3.8) is 0 Å². The van der Waals surface area contributed by atoms with Gasteiger partial charge in [0.05, 0.1) is 20.6 Å². The lowest BCUT2D eigenvalue weighted by molar-refractivity contribution is -0.120. The average Bonchev–Trinajstić information content (AvgIpc) is 2.65. The predicted octanol–water partition coefficient (Wildman–Crippen LogP) is 2.10. The molecule has 2 rings (SSSR count). The third kappa shape index (κ3) is 5.95. The second-order valence-electron chi connectivity index (χ2n) is 5.55. The monoisotopic (exact) mass is 456 g/mol. The van der Waals surface area contributed by atoms with Gasteiger partial charge in [-0.2, -0.15) is 0 Å². The number of carbonyl (C=O) groups is 1. The highest BCUT2D eigenvalue weighted by molar-refractivity contribution is 9.10. The SMILES string of the molecule is COc1cc(Br)c(S(=O)(=O)NCCNC(=O)Cc2ccccc2)cc1OC. The molecule has 0 spiro atoms. The molecule has 7 nitrogen and oxygen atoms in total. The van der Waals surface area contributed by atoms with Crippen LogP contribution in [-0.2, 0) is 21.2 Å². The van der Waals surface area contributed by atoms with Crippen LogP contribution in [0.5, 0.6) is 11.5 Å². The van der Waals surface area contributed by atoms with E-state index in [1.165, 1.54) is 26.4 Å². The van der Waals surface area contributed by atoms with E-state index in [4.69, 9.17) is 9.47 Å². The van der Waals surface area contributed by atoms with Gasteiger partial charge in [-0.3, -0.25) is 4.79 Å². The molecule has 2 N–H and O–H groups in total. The molecule has 0 fully saturated rings. The molecule has 0 radical (unpaired) electrons. The van der Waals surface area contributed by atoms with E-state index in [1.54, 1.807) is 0 Å². The molecule has 0 saturated carbocycles. The van der Waals surface area contributed by atoms with Gasteiger partial charge in [-0.1, -0.05) is 30.3 Å². The molecule has 0 saturated heterocycles. The van der Waals surface area contributed by atoms with E-state index in [2.05, 4.69) is 26.0 Å². The summed E-state index contributed by atoms with van der Waals surface area (Å²) in [6.07, 6.45) is 0.245. The van der Waals surface area contributed by atoms with Crippen molar-refractivity contribution in [1.82, 2.24) is 10.0 Å². The molecule has 0 unspecified atom stereocenters. The highest BCUT2D eigenvalue weighted by Crippen LogP contribution is 2.35. The number of nitrogens with one attached hydrogen (secondary N) is 2. The fourth-order valence-corrected chi connectivity index (χ4v) is 4.42. The predicted molar refractivity (Wildman–Crippen MR) is 106 cm³/mol. The average molecular weight is 457 g/mol. The minimum atomic E-state index is -3.79. The lowest BCUT2D eigenvalue weighted by Gasteiger charge is -2.13. The van der Waals surface area contributed by atoms with Crippen molar-refractivity contribution in [3.05, 3.63) is 52.5 Å². The van der Waals surface area contributed by atoms with E-state index in [0.29, 0.717) is 16.0 Å². The van der Waals surface area contributed by atoms with Gasteiger partial charge in [0.1, 0.15) is 4.90 Å². The van der Waals surface area contributed by atoms with Crippen LogP contribution < -0.4 is 19.5 Å². The molecule has 2 aromatic carbocycles. The Kier molecular flexibility index (Phi) is 7.64. The number of hydrogen-bond donors (Lipinski definition) is 2. The van der Waals surface area contributed by atoms with Crippen LogP contribution in [0.25, 0.3) is 0 Å². The van der Waals surface area contributed by atoms with Crippen LogP contribution in [0.2, 0.25) is 0 Å². The number of ether oxygens (including phenoxy) is 2. The minimum Gasteiger partial charge on any atom is -0.493 e. The number of rotatable bonds is 9. The minimum absolute atomic E-state index is 0.0239. The third-order valence-electron chi connectivity index (χ3n) is 3.67. The first-order valence-electron chi connectivity index (χ1n) is 8.09. The van der Waals surface area contributed by atoms with Crippen LogP contribution >= 0.6 is 15.9 Å². The molecule has 146 valence electrons. The maximum Gasteiger partial charge on any atom is 0.241 e. The molecule has 0 bridgehead atoms. The summed E-state index contributed by atoms with van der Waals surface area (Å²) >= 11 is 3.23. The Labute approximate surface area is 167 Å². The molecule has 0 aromatic heterocycles. The maximum absolute atomic E-state index is 12.5. The zero-order valence-corrected chi connectivity index (χ0v) is 17.4. The van der Waals surface area contributed by atoms with E-state index in [1.807, 2.05) is 30.3 Å². The summed E-state index contributed by atoms with van der Waals surface area (Å²) in [6.45, 7) is 0.236. The van der Waals surface area contributed by atoms with Gasteiger partial charge in [0, 0.05) is 23.6 Å². The summed E-state index contributed by atoms with van der Waals surface area (Å²) in [5.74, 6) is 0.543.